The number of nitrogens with one attached hydrogen (secondary N) is 2. The summed E-state index contributed by atoms with van der Waals surface area (Å²) in [4.78, 5) is 29.0. The third-order valence-electron chi connectivity index (χ3n) is 6.18. The summed E-state index contributed by atoms with van der Waals surface area (Å²) < 4.78 is 0. The van der Waals surface area contributed by atoms with Gasteiger partial charge in [-0.05, 0) is 43.7 Å². The molecule has 0 aliphatic carbocycles. The van der Waals surface area contributed by atoms with E-state index in [2.05, 4.69) is 15.5 Å². The van der Waals surface area contributed by atoms with Crippen LogP contribution >= 0.6 is 0 Å². The van der Waals surface area contributed by atoms with Crippen molar-refractivity contribution in [1.82, 2.24) is 15.1 Å². The number of benzene rings is 1. The fourth-order valence-corrected chi connectivity index (χ4v) is 4.80. The molecule has 4 rings (SSSR count). The van der Waals surface area contributed by atoms with Crippen LogP contribution in [0.1, 0.15) is 32.1 Å². The first-order valence-corrected chi connectivity index (χ1v) is 10.3. The van der Waals surface area contributed by atoms with E-state index in [1.807, 2.05) is 35.2 Å². The van der Waals surface area contributed by atoms with Gasteiger partial charge in [-0.15, -0.1) is 0 Å². The molecule has 2 unspecified atom stereocenters. The third kappa shape index (κ3) is 4.87. The van der Waals surface area contributed by atoms with Crippen molar-refractivity contribution in [3.63, 3.8) is 0 Å². The van der Waals surface area contributed by atoms with Gasteiger partial charge in [0.2, 0.25) is 11.8 Å². The number of piperazine rings is 1. The summed E-state index contributed by atoms with van der Waals surface area (Å²) in [5, 5.41) is 6.57. The van der Waals surface area contributed by atoms with E-state index in [0.717, 1.165) is 44.7 Å². The largest absolute Gasteiger partial charge is 0.340 e. The monoisotopic (exact) mass is 370 g/mol. The highest BCUT2D eigenvalue weighted by Crippen LogP contribution is 2.33. The van der Waals surface area contributed by atoms with Crippen LogP contribution in [0.15, 0.2) is 30.3 Å². The maximum Gasteiger partial charge on any atom is 0.238 e. The predicted molar refractivity (Wildman–Crippen MR) is 105 cm³/mol. The number of carbonyl (C=O) groups excluding carboxylic acids is 2. The van der Waals surface area contributed by atoms with Crippen LogP contribution in [-0.2, 0) is 9.59 Å². The van der Waals surface area contributed by atoms with Crippen molar-refractivity contribution in [2.24, 2.45) is 5.92 Å². The zero-order chi connectivity index (χ0) is 18.6. The Morgan fingerprint density at radius 2 is 1.67 bits per heavy atom. The number of fused-ring (bicyclic) bond motifs is 2. The molecule has 0 radical (unpaired) electrons. The Morgan fingerprint density at radius 3 is 2.33 bits per heavy atom. The minimum atomic E-state index is 0.00570. The molecule has 3 fully saturated rings. The lowest BCUT2D eigenvalue weighted by Gasteiger charge is -2.36. The summed E-state index contributed by atoms with van der Waals surface area (Å²) in [5.41, 5.74) is 0.826. The molecule has 6 heteroatoms. The van der Waals surface area contributed by atoms with E-state index in [-0.39, 0.29) is 5.91 Å². The Balaban J connectivity index is 1.18. The van der Waals surface area contributed by atoms with Gasteiger partial charge in [0.25, 0.3) is 0 Å². The Kier molecular flexibility index (Phi) is 5.74. The molecule has 1 aromatic rings. The third-order valence-corrected chi connectivity index (χ3v) is 6.18. The second-order valence-corrected chi connectivity index (χ2v) is 8.25. The van der Waals surface area contributed by atoms with Crippen LogP contribution in [0.5, 0.6) is 0 Å². The average molecular weight is 370 g/mol. The lowest BCUT2D eigenvalue weighted by molar-refractivity contribution is -0.134. The molecule has 0 saturated carbocycles. The SMILES string of the molecule is O=C(CN1CCN(C(=O)CC2CC3CCC(C2)N3)CC1)Nc1ccccc1. The lowest BCUT2D eigenvalue weighted by atomic mass is 9.89. The van der Waals surface area contributed by atoms with Crippen LogP contribution in [0, 0.1) is 5.92 Å². The molecule has 3 aliphatic rings. The molecular weight excluding hydrogens is 340 g/mol. The normalized spacial score (nSPS) is 28.1. The molecular formula is C21H30N4O2. The fourth-order valence-electron chi connectivity index (χ4n) is 4.80. The molecule has 2 N–H and O–H groups in total. The summed E-state index contributed by atoms with van der Waals surface area (Å²) >= 11 is 0. The number of hydrogen-bond donors (Lipinski definition) is 2. The summed E-state index contributed by atoms with van der Waals surface area (Å²) in [6, 6.07) is 10.8. The van der Waals surface area contributed by atoms with Gasteiger partial charge in [-0.1, -0.05) is 18.2 Å². The average Bonchev–Trinajstić information content (AvgIpc) is 3.01. The number of para-hydroxylation sites is 1. The molecule has 3 saturated heterocycles. The standard InChI is InChI=1S/C21H30N4O2/c26-20(23-17-4-2-1-3-5-17)15-24-8-10-25(11-9-24)21(27)14-16-12-18-6-7-19(13-16)22-18/h1-5,16,18-19,22H,6-15H2,(H,23,26). The first-order valence-electron chi connectivity index (χ1n) is 10.3. The van der Waals surface area contributed by atoms with Crippen LogP contribution in [0.4, 0.5) is 5.69 Å². The minimum Gasteiger partial charge on any atom is -0.340 e. The van der Waals surface area contributed by atoms with Crippen LogP contribution < -0.4 is 10.6 Å². The van der Waals surface area contributed by atoms with Gasteiger partial charge >= 0.3 is 0 Å². The first-order chi connectivity index (χ1) is 13.2. The molecule has 2 bridgehead atoms. The first kappa shape index (κ1) is 18.4. The van der Waals surface area contributed by atoms with E-state index in [9.17, 15) is 9.59 Å². The van der Waals surface area contributed by atoms with Gasteiger partial charge in [0.05, 0.1) is 6.54 Å². The van der Waals surface area contributed by atoms with Gasteiger partial charge in [0.15, 0.2) is 0 Å². The Labute approximate surface area is 161 Å². The minimum absolute atomic E-state index is 0.00570. The molecule has 27 heavy (non-hydrogen) atoms. The number of nitrogens with zero attached hydrogens (tertiary/aromatic N) is 2. The Hall–Kier alpha value is -1.92. The van der Waals surface area contributed by atoms with Crippen LogP contribution in [0.25, 0.3) is 0 Å². The Morgan fingerprint density at radius 1 is 1.00 bits per heavy atom. The number of piperidine rings is 1. The van der Waals surface area contributed by atoms with Crippen molar-refractivity contribution in [2.45, 2.75) is 44.2 Å². The molecule has 1 aromatic carbocycles. The second-order valence-electron chi connectivity index (χ2n) is 8.25. The van der Waals surface area contributed by atoms with Crippen molar-refractivity contribution in [2.75, 3.05) is 38.0 Å². The fraction of sp³-hybridized carbons (Fsp3) is 0.619. The van der Waals surface area contributed by atoms with Crippen molar-refractivity contribution in [1.29, 1.82) is 0 Å². The van der Waals surface area contributed by atoms with Gasteiger partial charge in [-0.2, -0.15) is 0 Å². The maximum absolute atomic E-state index is 12.7. The molecule has 0 spiro atoms. The quantitative estimate of drug-likeness (QED) is 0.828. The molecule has 6 nitrogen and oxygen atoms in total. The van der Waals surface area contributed by atoms with Gasteiger partial charge in [0, 0.05) is 50.4 Å². The van der Waals surface area contributed by atoms with Crippen molar-refractivity contribution >= 4 is 17.5 Å². The van der Waals surface area contributed by atoms with Crippen molar-refractivity contribution in [3.05, 3.63) is 30.3 Å². The molecule has 0 aromatic heterocycles. The molecule has 3 aliphatic heterocycles. The van der Waals surface area contributed by atoms with Crippen LogP contribution in [0.3, 0.4) is 0 Å². The van der Waals surface area contributed by atoms with Gasteiger partial charge < -0.3 is 15.5 Å². The van der Waals surface area contributed by atoms with E-state index >= 15 is 0 Å². The van der Waals surface area contributed by atoms with Crippen molar-refractivity contribution in [3.8, 4) is 0 Å². The number of rotatable bonds is 5. The van der Waals surface area contributed by atoms with E-state index < -0.39 is 0 Å². The highest BCUT2D eigenvalue weighted by molar-refractivity contribution is 5.92. The number of anilines is 1. The maximum atomic E-state index is 12.7. The topological polar surface area (TPSA) is 64.7 Å². The highest BCUT2D eigenvalue weighted by atomic mass is 16.2. The van der Waals surface area contributed by atoms with Crippen LogP contribution in [0.2, 0.25) is 0 Å². The molecule has 3 heterocycles. The van der Waals surface area contributed by atoms with E-state index in [1.54, 1.807) is 0 Å². The zero-order valence-corrected chi connectivity index (χ0v) is 15.9. The summed E-state index contributed by atoms with van der Waals surface area (Å²) in [6.07, 6.45) is 5.56. The highest BCUT2D eigenvalue weighted by Gasteiger charge is 2.35. The van der Waals surface area contributed by atoms with Gasteiger partial charge in [-0.25, -0.2) is 0 Å². The number of carbonyl (C=O) groups is 2. The van der Waals surface area contributed by atoms with E-state index in [1.165, 1.54) is 12.8 Å². The molecule has 2 atom stereocenters. The van der Waals surface area contributed by atoms with Crippen LogP contribution in [-0.4, -0.2) is 66.4 Å². The summed E-state index contributed by atoms with van der Waals surface area (Å²) in [7, 11) is 0. The number of amides is 2. The van der Waals surface area contributed by atoms with Gasteiger partial charge in [0.1, 0.15) is 0 Å². The molecule has 2 amide bonds. The summed E-state index contributed by atoms with van der Waals surface area (Å²) in [5.74, 6) is 0.853. The van der Waals surface area contributed by atoms with E-state index in [4.69, 9.17) is 0 Å². The van der Waals surface area contributed by atoms with E-state index in [0.29, 0.717) is 36.9 Å². The van der Waals surface area contributed by atoms with Crippen molar-refractivity contribution < 1.29 is 9.59 Å². The smallest absolute Gasteiger partial charge is 0.238 e. The number of hydrogen-bond acceptors (Lipinski definition) is 4. The zero-order valence-electron chi connectivity index (χ0n) is 15.9. The predicted octanol–water partition coefficient (Wildman–Crippen LogP) is 1.69. The summed E-state index contributed by atoms with van der Waals surface area (Å²) in [6.45, 7) is 3.38. The second kappa shape index (κ2) is 8.40. The van der Waals surface area contributed by atoms with Gasteiger partial charge in [-0.3, -0.25) is 14.5 Å². The Bertz CT molecular complexity index is 645. The molecule has 146 valence electrons. The lowest BCUT2D eigenvalue weighted by Crippen LogP contribution is -2.51.